The Hall–Kier alpha value is -7.36. The van der Waals surface area contributed by atoms with Crippen molar-refractivity contribution in [1.29, 1.82) is 0 Å². The summed E-state index contributed by atoms with van der Waals surface area (Å²) in [5.74, 6) is 0. The number of hydrogen-bond donors (Lipinski definition) is 0. The lowest BCUT2D eigenvalue weighted by molar-refractivity contribution is 0.672. The van der Waals surface area contributed by atoms with Gasteiger partial charge < -0.3 is 13.9 Å². The summed E-state index contributed by atoms with van der Waals surface area (Å²) in [7, 11) is 0. The van der Waals surface area contributed by atoms with E-state index < -0.39 is 0 Å². The summed E-state index contributed by atoms with van der Waals surface area (Å²) in [6.45, 7) is 0. The molecule has 0 aliphatic heterocycles. The SMILES string of the molecule is [2H]c1c([2H])c(N(c2ccccc2-n2c3ccccc3c3ccccc32)c2cccc3oc4c5ccccc5ccc4c23)c([2H])c([2H])c1-c1ccc(-c2ccccc2)cc1. The quantitative estimate of drug-likeness (QED) is 0.172. The fourth-order valence-corrected chi connectivity index (χ4v) is 8.14. The van der Waals surface area contributed by atoms with E-state index in [9.17, 15) is 5.48 Å². The van der Waals surface area contributed by atoms with Crippen LogP contribution in [0.3, 0.4) is 0 Å². The largest absolute Gasteiger partial charge is 0.455 e. The molecule has 0 fully saturated rings. The van der Waals surface area contributed by atoms with Crippen LogP contribution in [0, 0.1) is 0 Å². The first-order valence-electron chi connectivity index (χ1n) is 20.4. The van der Waals surface area contributed by atoms with Crippen molar-refractivity contribution in [2.45, 2.75) is 0 Å². The van der Waals surface area contributed by atoms with E-state index in [0.29, 0.717) is 22.5 Å². The van der Waals surface area contributed by atoms with E-state index in [1.165, 1.54) is 0 Å². The second kappa shape index (κ2) is 12.6. The highest BCUT2D eigenvalue weighted by molar-refractivity contribution is 6.20. The second-order valence-electron chi connectivity index (χ2n) is 13.8. The zero-order valence-corrected chi connectivity index (χ0v) is 29.6. The van der Waals surface area contributed by atoms with Crippen molar-refractivity contribution in [2.24, 2.45) is 0 Å². The zero-order valence-electron chi connectivity index (χ0n) is 33.6. The Morgan fingerprint density at radius 3 is 1.75 bits per heavy atom. The molecule has 0 saturated carbocycles. The summed E-state index contributed by atoms with van der Waals surface area (Å²) < 4.78 is 47.7. The van der Waals surface area contributed by atoms with E-state index in [4.69, 9.17) is 4.42 Å². The van der Waals surface area contributed by atoms with E-state index >= 15 is 0 Å². The minimum Gasteiger partial charge on any atom is -0.455 e. The van der Waals surface area contributed by atoms with Gasteiger partial charge in [-0.1, -0.05) is 152 Å². The van der Waals surface area contributed by atoms with E-state index in [1.807, 2.05) is 132 Å². The number of rotatable bonds is 6. The predicted octanol–water partition coefficient (Wildman–Crippen LogP) is 14.6. The number of nitrogens with zero attached hydrogens (tertiary/aromatic N) is 2. The van der Waals surface area contributed by atoms with Gasteiger partial charge in [0.1, 0.15) is 11.2 Å². The highest BCUT2D eigenvalue weighted by Gasteiger charge is 2.24. The Labute approximate surface area is 324 Å². The molecule has 0 N–H and O–H groups in total. The lowest BCUT2D eigenvalue weighted by Crippen LogP contribution is -2.13. The van der Waals surface area contributed by atoms with Crippen LogP contribution < -0.4 is 4.90 Å². The van der Waals surface area contributed by atoms with Crippen LogP contribution in [0.15, 0.2) is 211 Å². The summed E-state index contributed by atoms with van der Waals surface area (Å²) in [5.41, 5.74) is 8.64. The first-order chi connectivity index (χ1) is 29.0. The summed E-state index contributed by atoms with van der Waals surface area (Å²) in [4.78, 5) is 1.91. The van der Waals surface area contributed by atoms with Crippen molar-refractivity contribution in [3.05, 3.63) is 206 Å². The van der Waals surface area contributed by atoms with Gasteiger partial charge in [0, 0.05) is 27.2 Å². The molecule has 0 bridgehead atoms. The number of hydrogen-bond acceptors (Lipinski definition) is 2. The van der Waals surface area contributed by atoms with Gasteiger partial charge in [-0.15, -0.1) is 0 Å². The van der Waals surface area contributed by atoms with Gasteiger partial charge in [-0.05, 0) is 82.2 Å². The molecular formula is C52H34N2O. The molecule has 0 amide bonds. The fourth-order valence-electron chi connectivity index (χ4n) is 8.14. The van der Waals surface area contributed by atoms with Crippen LogP contribution in [-0.4, -0.2) is 4.57 Å². The number of anilines is 3. The van der Waals surface area contributed by atoms with Crippen molar-refractivity contribution < 1.29 is 9.90 Å². The smallest absolute Gasteiger partial charge is 0.143 e. The van der Waals surface area contributed by atoms with Gasteiger partial charge in [-0.25, -0.2) is 0 Å². The Morgan fingerprint density at radius 1 is 0.418 bits per heavy atom. The van der Waals surface area contributed by atoms with Gasteiger partial charge in [-0.3, -0.25) is 0 Å². The van der Waals surface area contributed by atoms with E-state index in [1.54, 1.807) is 0 Å². The Balaban J connectivity index is 1.21. The molecule has 9 aromatic carbocycles. The minimum absolute atomic E-state index is 0.122. The van der Waals surface area contributed by atoms with Crippen molar-refractivity contribution in [2.75, 3.05) is 4.90 Å². The molecule has 11 aromatic rings. The molecule has 2 heterocycles. The minimum atomic E-state index is -0.152. The summed E-state index contributed by atoms with van der Waals surface area (Å²) in [6, 6.07) is 60.0. The average Bonchev–Trinajstić information content (AvgIpc) is 3.84. The first-order valence-corrected chi connectivity index (χ1v) is 18.4. The van der Waals surface area contributed by atoms with Crippen LogP contribution in [0.5, 0.6) is 0 Å². The first kappa shape index (κ1) is 27.3. The lowest BCUT2D eigenvalue weighted by Gasteiger charge is -2.29. The molecule has 0 saturated heterocycles. The van der Waals surface area contributed by atoms with Crippen LogP contribution in [-0.2, 0) is 0 Å². The maximum Gasteiger partial charge on any atom is 0.143 e. The number of benzene rings is 9. The summed E-state index contributed by atoms with van der Waals surface area (Å²) >= 11 is 0. The van der Waals surface area contributed by atoms with Gasteiger partial charge in [0.2, 0.25) is 0 Å². The highest BCUT2D eigenvalue weighted by atomic mass is 16.3. The third-order valence-corrected chi connectivity index (χ3v) is 10.7. The second-order valence-corrected chi connectivity index (χ2v) is 13.8. The Bertz CT molecular complexity index is 3360. The molecule has 0 aliphatic carbocycles. The number of aromatic nitrogens is 1. The average molecular weight is 707 g/mol. The van der Waals surface area contributed by atoms with Crippen LogP contribution in [0.2, 0.25) is 0 Å². The molecule has 0 aliphatic rings. The molecule has 0 atom stereocenters. The topological polar surface area (TPSA) is 21.3 Å². The Kier molecular flexibility index (Phi) is 6.27. The molecule has 0 spiro atoms. The monoisotopic (exact) mass is 706 g/mol. The van der Waals surface area contributed by atoms with E-state index in [-0.39, 0.29) is 35.4 Å². The summed E-state index contributed by atoms with van der Waals surface area (Å²) in [5, 5.41) is 5.94. The van der Waals surface area contributed by atoms with Crippen LogP contribution >= 0.6 is 0 Å². The number of fused-ring (bicyclic) bond motifs is 8. The normalized spacial score (nSPS) is 12.7. The molecule has 3 heteroatoms. The summed E-state index contributed by atoms with van der Waals surface area (Å²) in [6.07, 6.45) is 0. The number of para-hydroxylation sites is 4. The van der Waals surface area contributed by atoms with E-state index in [2.05, 4.69) is 59.2 Å². The standard InChI is InChI=1S/C52H34N2O/c1-2-13-35(14-3-1)36-25-27-37(28-26-36)38-29-32-40(33-30-38)53(49-23-12-24-50-51(49)44-34-31-39-15-4-5-16-41(39)52(44)55-50)47-21-10-11-22-48(47)54-45-19-8-6-17-42(45)43-18-7-9-20-46(43)54/h1-34H/i29D,30D,32D,33D. The molecule has 55 heavy (non-hydrogen) atoms. The third-order valence-electron chi connectivity index (χ3n) is 10.7. The van der Waals surface area contributed by atoms with Gasteiger partial charge in [0.15, 0.2) is 0 Å². The van der Waals surface area contributed by atoms with E-state index in [0.717, 1.165) is 65.7 Å². The van der Waals surface area contributed by atoms with Crippen molar-refractivity contribution in [3.63, 3.8) is 0 Å². The maximum atomic E-state index is 9.82. The van der Waals surface area contributed by atoms with Crippen LogP contribution in [0.25, 0.3) is 82.5 Å². The molecular weight excluding hydrogens is 669 g/mol. The van der Waals surface area contributed by atoms with Crippen molar-refractivity contribution in [3.8, 4) is 27.9 Å². The Morgan fingerprint density at radius 2 is 1.00 bits per heavy atom. The lowest BCUT2D eigenvalue weighted by atomic mass is 10.00. The van der Waals surface area contributed by atoms with Crippen molar-refractivity contribution >= 4 is 71.6 Å². The third kappa shape index (κ3) is 5.05. The van der Waals surface area contributed by atoms with Gasteiger partial charge in [-0.2, -0.15) is 0 Å². The molecule has 2 aromatic heterocycles. The van der Waals surface area contributed by atoms with Gasteiger partial charge in [0.25, 0.3) is 0 Å². The highest BCUT2D eigenvalue weighted by Crippen LogP contribution is 2.47. The molecule has 258 valence electrons. The van der Waals surface area contributed by atoms with Crippen LogP contribution in [0.4, 0.5) is 17.1 Å². The van der Waals surface area contributed by atoms with Gasteiger partial charge in [0.05, 0.1) is 39.0 Å². The molecule has 3 nitrogen and oxygen atoms in total. The van der Waals surface area contributed by atoms with Gasteiger partial charge >= 0.3 is 0 Å². The zero-order chi connectivity index (χ0) is 39.8. The maximum absolute atomic E-state index is 9.82. The predicted molar refractivity (Wildman–Crippen MR) is 231 cm³/mol. The number of furan rings is 1. The molecule has 0 unspecified atom stereocenters. The molecule has 11 rings (SSSR count). The van der Waals surface area contributed by atoms with Crippen molar-refractivity contribution in [1.82, 2.24) is 4.57 Å². The fraction of sp³-hybridized carbons (Fsp3) is 0. The molecule has 0 radical (unpaired) electrons. The van der Waals surface area contributed by atoms with Crippen LogP contribution in [0.1, 0.15) is 5.48 Å².